The Morgan fingerprint density at radius 2 is 2.17 bits per heavy atom. The fraction of sp³-hybridized carbons (Fsp3) is 0.929. The molecule has 0 bridgehead atoms. The van der Waals surface area contributed by atoms with Gasteiger partial charge in [0.2, 0.25) is 0 Å². The molecule has 0 radical (unpaired) electrons. The van der Waals surface area contributed by atoms with Crippen molar-refractivity contribution in [2.24, 2.45) is 10.9 Å². The lowest BCUT2D eigenvalue weighted by Gasteiger charge is -2.32. The van der Waals surface area contributed by atoms with Crippen LogP contribution in [0.25, 0.3) is 0 Å². The summed E-state index contributed by atoms with van der Waals surface area (Å²) in [6, 6.07) is 0. The number of hydrogen-bond acceptors (Lipinski definition) is 2. The average Bonchev–Trinajstić information content (AvgIpc) is 2.43. The highest BCUT2D eigenvalue weighted by molar-refractivity contribution is 5.79. The number of likely N-dealkylation sites (tertiary alicyclic amines) is 1. The minimum atomic E-state index is 0.767. The Morgan fingerprint density at radius 1 is 1.33 bits per heavy atom. The van der Waals surface area contributed by atoms with Crippen LogP contribution in [-0.4, -0.2) is 50.6 Å². The summed E-state index contributed by atoms with van der Waals surface area (Å²) in [6.45, 7) is 10.2. The predicted molar refractivity (Wildman–Crippen MR) is 79.1 cm³/mol. The maximum absolute atomic E-state index is 4.26. The molecule has 1 saturated heterocycles. The van der Waals surface area contributed by atoms with E-state index in [1.165, 1.54) is 45.3 Å². The molecule has 1 unspecified atom stereocenters. The number of hydrogen-bond donors (Lipinski definition) is 2. The molecule has 1 aliphatic heterocycles. The van der Waals surface area contributed by atoms with E-state index in [4.69, 9.17) is 0 Å². The van der Waals surface area contributed by atoms with Crippen molar-refractivity contribution in [3.8, 4) is 0 Å². The highest BCUT2D eigenvalue weighted by Crippen LogP contribution is 2.14. The van der Waals surface area contributed by atoms with E-state index < -0.39 is 0 Å². The molecule has 1 heterocycles. The number of aliphatic imine (C=N–C) groups is 1. The average molecular weight is 254 g/mol. The van der Waals surface area contributed by atoms with E-state index in [9.17, 15) is 0 Å². The van der Waals surface area contributed by atoms with E-state index in [0.717, 1.165) is 25.0 Å². The van der Waals surface area contributed by atoms with Crippen molar-refractivity contribution in [1.82, 2.24) is 15.5 Å². The zero-order chi connectivity index (χ0) is 13.2. The molecule has 0 spiro atoms. The van der Waals surface area contributed by atoms with Crippen molar-refractivity contribution < 1.29 is 0 Å². The lowest BCUT2D eigenvalue weighted by atomic mass is 9.98. The van der Waals surface area contributed by atoms with Gasteiger partial charge >= 0.3 is 0 Å². The molecular formula is C14H30N4. The van der Waals surface area contributed by atoms with E-state index in [0.29, 0.717) is 0 Å². The Morgan fingerprint density at radius 3 is 2.83 bits per heavy atom. The van der Waals surface area contributed by atoms with Gasteiger partial charge in [0.05, 0.1) is 0 Å². The van der Waals surface area contributed by atoms with Crippen LogP contribution >= 0.6 is 0 Å². The Bertz CT molecular complexity index is 240. The smallest absolute Gasteiger partial charge is 0.190 e. The van der Waals surface area contributed by atoms with Gasteiger partial charge in [0.1, 0.15) is 0 Å². The number of rotatable bonds is 6. The van der Waals surface area contributed by atoms with E-state index in [1.807, 2.05) is 7.05 Å². The Kier molecular flexibility index (Phi) is 7.81. The molecule has 4 heteroatoms. The second-order valence-electron chi connectivity index (χ2n) is 5.13. The van der Waals surface area contributed by atoms with E-state index in [-0.39, 0.29) is 0 Å². The Balaban J connectivity index is 2.21. The Hall–Kier alpha value is -0.770. The minimum Gasteiger partial charge on any atom is -0.356 e. The van der Waals surface area contributed by atoms with Crippen molar-refractivity contribution in [2.45, 2.75) is 39.5 Å². The first-order chi connectivity index (χ1) is 8.80. The lowest BCUT2D eigenvalue weighted by Crippen LogP contribution is -2.44. The summed E-state index contributed by atoms with van der Waals surface area (Å²) in [5.41, 5.74) is 0. The third-order valence-corrected chi connectivity index (χ3v) is 3.65. The van der Waals surface area contributed by atoms with Gasteiger partial charge in [-0.15, -0.1) is 0 Å². The standard InChI is InChI=1S/C14H30N4/c1-4-6-9-16-14(15-3)17-11-13-8-7-10-18(5-2)12-13/h13H,4-12H2,1-3H3,(H2,15,16,17). The first-order valence-corrected chi connectivity index (χ1v) is 7.47. The maximum atomic E-state index is 4.26. The van der Waals surface area contributed by atoms with Crippen molar-refractivity contribution in [3.05, 3.63) is 0 Å². The minimum absolute atomic E-state index is 0.767. The van der Waals surface area contributed by atoms with Crippen LogP contribution in [0.2, 0.25) is 0 Å². The topological polar surface area (TPSA) is 39.7 Å². The lowest BCUT2D eigenvalue weighted by molar-refractivity contribution is 0.183. The highest BCUT2D eigenvalue weighted by Gasteiger charge is 2.18. The molecule has 2 N–H and O–H groups in total. The molecule has 1 rings (SSSR count). The maximum Gasteiger partial charge on any atom is 0.190 e. The fourth-order valence-electron chi connectivity index (χ4n) is 2.45. The first kappa shape index (κ1) is 15.3. The summed E-state index contributed by atoms with van der Waals surface area (Å²) in [6.07, 6.45) is 5.10. The van der Waals surface area contributed by atoms with Gasteiger partial charge < -0.3 is 15.5 Å². The van der Waals surface area contributed by atoms with Crippen molar-refractivity contribution in [3.63, 3.8) is 0 Å². The molecule has 4 nitrogen and oxygen atoms in total. The molecule has 106 valence electrons. The van der Waals surface area contributed by atoms with E-state index in [1.54, 1.807) is 0 Å². The zero-order valence-electron chi connectivity index (χ0n) is 12.3. The van der Waals surface area contributed by atoms with Gasteiger partial charge in [0.25, 0.3) is 0 Å². The highest BCUT2D eigenvalue weighted by atomic mass is 15.2. The monoisotopic (exact) mass is 254 g/mol. The zero-order valence-corrected chi connectivity index (χ0v) is 12.3. The van der Waals surface area contributed by atoms with Crippen LogP contribution in [0, 0.1) is 5.92 Å². The SMILES string of the molecule is CCCCNC(=NC)NCC1CCCN(CC)C1. The number of unbranched alkanes of at least 4 members (excludes halogenated alkanes) is 1. The molecule has 1 fully saturated rings. The summed E-state index contributed by atoms with van der Waals surface area (Å²) < 4.78 is 0. The third kappa shape index (κ3) is 5.71. The van der Waals surface area contributed by atoms with Crippen molar-refractivity contribution >= 4 is 5.96 Å². The fourth-order valence-corrected chi connectivity index (χ4v) is 2.45. The Labute approximate surface area is 112 Å². The molecule has 1 aliphatic rings. The number of nitrogens with zero attached hydrogens (tertiary/aromatic N) is 2. The van der Waals surface area contributed by atoms with Gasteiger partial charge in [-0.1, -0.05) is 20.3 Å². The van der Waals surface area contributed by atoms with Crippen molar-refractivity contribution in [1.29, 1.82) is 0 Å². The molecule has 0 aromatic rings. The van der Waals surface area contributed by atoms with Gasteiger partial charge in [0.15, 0.2) is 5.96 Å². The second kappa shape index (κ2) is 9.20. The molecule has 0 amide bonds. The second-order valence-corrected chi connectivity index (χ2v) is 5.13. The van der Waals surface area contributed by atoms with Crippen LogP contribution < -0.4 is 10.6 Å². The molecule has 0 aromatic heterocycles. The first-order valence-electron chi connectivity index (χ1n) is 7.47. The van der Waals surface area contributed by atoms with Crippen LogP contribution in [0.5, 0.6) is 0 Å². The van der Waals surface area contributed by atoms with Crippen molar-refractivity contribution in [2.75, 3.05) is 39.8 Å². The summed E-state index contributed by atoms with van der Waals surface area (Å²) in [5.74, 6) is 1.72. The predicted octanol–water partition coefficient (Wildman–Crippen LogP) is 1.68. The van der Waals surface area contributed by atoms with Crippen LogP contribution in [0.3, 0.4) is 0 Å². The molecule has 0 aromatic carbocycles. The summed E-state index contributed by atoms with van der Waals surface area (Å²) in [7, 11) is 1.85. The van der Waals surface area contributed by atoms with Gasteiger partial charge in [-0.3, -0.25) is 4.99 Å². The molecule has 0 aliphatic carbocycles. The quantitative estimate of drug-likeness (QED) is 0.430. The van der Waals surface area contributed by atoms with Gasteiger partial charge in [0, 0.05) is 26.7 Å². The normalized spacial score (nSPS) is 21.9. The van der Waals surface area contributed by atoms with E-state index >= 15 is 0 Å². The number of guanidine groups is 1. The summed E-state index contributed by atoms with van der Waals surface area (Å²) >= 11 is 0. The van der Waals surface area contributed by atoms with Crippen LogP contribution in [0.4, 0.5) is 0 Å². The summed E-state index contributed by atoms with van der Waals surface area (Å²) in [5, 5.41) is 6.82. The summed E-state index contributed by atoms with van der Waals surface area (Å²) in [4.78, 5) is 6.81. The molecule has 1 atom stereocenters. The van der Waals surface area contributed by atoms with Gasteiger partial charge in [-0.05, 0) is 38.3 Å². The van der Waals surface area contributed by atoms with E-state index in [2.05, 4.69) is 34.4 Å². The third-order valence-electron chi connectivity index (χ3n) is 3.65. The van der Waals surface area contributed by atoms with Gasteiger partial charge in [-0.25, -0.2) is 0 Å². The number of piperidine rings is 1. The number of nitrogens with one attached hydrogen (secondary N) is 2. The largest absolute Gasteiger partial charge is 0.356 e. The van der Waals surface area contributed by atoms with Gasteiger partial charge in [-0.2, -0.15) is 0 Å². The molecular weight excluding hydrogens is 224 g/mol. The van der Waals surface area contributed by atoms with Crippen LogP contribution in [0.15, 0.2) is 4.99 Å². The molecule has 18 heavy (non-hydrogen) atoms. The van der Waals surface area contributed by atoms with Crippen LogP contribution in [0.1, 0.15) is 39.5 Å². The van der Waals surface area contributed by atoms with Crippen LogP contribution in [-0.2, 0) is 0 Å². The molecule has 0 saturated carbocycles.